The van der Waals surface area contributed by atoms with Crippen LogP contribution in [0.5, 0.6) is 0 Å². The molecule has 1 saturated heterocycles. The number of hydrogen-bond donors (Lipinski definition) is 2. The van der Waals surface area contributed by atoms with Crippen molar-refractivity contribution in [3.63, 3.8) is 0 Å². The maximum absolute atomic E-state index is 11.6. The molecule has 0 amide bonds. The van der Waals surface area contributed by atoms with Gasteiger partial charge in [0, 0.05) is 19.2 Å². The van der Waals surface area contributed by atoms with Crippen LogP contribution in [0.3, 0.4) is 0 Å². The summed E-state index contributed by atoms with van der Waals surface area (Å²) in [6.07, 6.45) is -0.0791. The first-order valence-electron chi connectivity index (χ1n) is 6.03. The van der Waals surface area contributed by atoms with Gasteiger partial charge in [-0.1, -0.05) is 6.92 Å². The molecule has 100 valence electrons. The standard InChI is InChI=1S/C11H18N4O3/c1-2-14-3-4-18-8(6-14)7-15-9(12)5-10(16)13-11(15)17/h5,8H,2-4,6-7,12H2,1H3,(H,13,16,17). The summed E-state index contributed by atoms with van der Waals surface area (Å²) in [5.41, 5.74) is 4.71. The number of nitrogens with one attached hydrogen (secondary N) is 1. The highest BCUT2D eigenvalue weighted by Crippen LogP contribution is 2.07. The van der Waals surface area contributed by atoms with Gasteiger partial charge in [-0.3, -0.25) is 19.2 Å². The summed E-state index contributed by atoms with van der Waals surface area (Å²) in [5, 5.41) is 0. The van der Waals surface area contributed by atoms with Gasteiger partial charge < -0.3 is 10.5 Å². The van der Waals surface area contributed by atoms with Gasteiger partial charge in [-0.05, 0) is 6.54 Å². The van der Waals surface area contributed by atoms with E-state index < -0.39 is 11.2 Å². The molecule has 2 rings (SSSR count). The SMILES string of the molecule is CCN1CCOC(Cn2c(N)cc(=O)[nH]c2=O)C1. The highest BCUT2D eigenvalue weighted by atomic mass is 16.5. The van der Waals surface area contributed by atoms with E-state index in [9.17, 15) is 9.59 Å². The van der Waals surface area contributed by atoms with Crippen LogP contribution in [0.2, 0.25) is 0 Å². The van der Waals surface area contributed by atoms with Crippen LogP contribution in [0, 0.1) is 0 Å². The van der Waals surface area contributed by atoms with Gasteiger partial charge >= 0.3 is 5.69 Å². The number of rotatable bonds is 3. The Kier molecular flexibility index (Phi) is 3.83. The van der Waals surface area contributed by atoms with E-state index in [1.54, 1.807) is 0 Å². The van der Waals surface area contributed by atoms with Crippen LogP contribution < -0.4 is 17.0 Å². The Morgan fingerprint density at radius 3 is 3.00 bits per heavy atom. The lowest BCUT2D eigenvalue weighted by Gasteiger charge is -2.32. The Bertz CT molecular complexity index is 522. The van der Waals surface area contributed by atoms with Crippen LogP contribution in [0.15, 0.2) is 15.7 Å². The van der Waals surface area contributed by atoms with Crippen molar-refractivity contribution in [2.45, 2.75) is 19.6 Å². The number of nitrogens with zero attached hydrogens (tertiary/aromatic N) is 2. The fourth-order valence-corrected chi connectivity index (χ4v) is 2.11. The number of ether oxygens (including phenoxy) is 1. The molecule has 1 aromatic rings. The van der Waals surface area contributed by atoms with E-state index in [0.717, 1.165) is 19.6 Å². The zero-order valence-electron chi connectivity index (χ0n) is 10.4. The molecular weight excluding hydrogens is 236 g/mol. The second kappa shape index (κ2) is 5.36. The van der Waals surface area contributed by atoms with Crippen molar-refractivity contribution in [1.82, 2.24) is 14.5 Å². The summed E-state index contributed by atoms with van der Waals surface area (Å²) in [6.45, 7) is 5.72. The maximum Gasteiger partial charge on any atom is 0.329 e. The van der Waals surface area contributed by atoms with Crippen LogP contribution in [0.1, 0.15) is 6.92 Å². The molecule has 0 aliphatic carbocycles. The molecule has 7 heteroatoms. The highest BCUT2D eigenvalue weighted by Gasteiger charge is 2.20. The minimum atomic E-state index is -0.489. The number of hydrogen-bond acceptors (Lipinski definition) is 5. The Balaban J connectivity index is 2.14. The summed E-state index contributed by atoms with van der Waals surface area (Å²) >= 11 is 0. The predicted molar refractivity (Wildman–Crippen MR) is 67.6 cm³/mol. The quantitative estimate of drug-likeness (QED) is 0.709. The Labute approximate surface area is 104 Å². The Morgan fingerprint density at radius 1 is 1.56 bits per heavy atom. The van der Waals surface area contributed by atoms with E-state index in [0.29, 0.717) is 13.2 Å². The lowest BCUT2D eigenvalue weighted by Crippen LogP contribution is -2.46. The summed E-state index contributed by atoms with van der Waals surface area (Å²) in [5.74, 6) is 0.168. The van der Waals surface area contributed by atoms with E-state index in [-0.39, 0.29) is 11.9 Å². The van der Waals surface area contributed by atoms with Crippen LogP contribution in [-0.4, -0.2) is 46.8 Å². The molecule has 0 radical (unpaired) electrons. The van der Waals surface area contributed by atoms with Crippen LogP contribution >= 0.6 is 0 Å². The maximum atomic E-state index is 11.6. The highest BCUT2D eigenvalue weighted by molar-refractivity contribution is 5.26. The molecule has 18 heavy (non-hydrogen) atoms. The Morgan fingerprint density at radius 2 is 2.33 bits per heavy atom. The number of likely N-dealkylation sites (N-methyl/N-ethyl adjacent to an activating group) is 1. The van der Waals surface area contributed by atoms with E-state index in [4.69, 9.17) is 10.5 Å². The lowest BCUT2D eigenvalue weighted by molar-refractivity contribution is -0.0346. The van der Waals surface area contributed by atoms with Gasteiger partial charge in [-0.2, -0.15) is 0 Å². The van der Waals surface area contributed by atoms with Crippen LogP contribution in [0.25, 0.3) is 0 Å². The minimum Gasteiger partial charge on any atom is -0.385 e. The van der Waals surface area contributed by atoms with Gasteiger partial charge in [0.15, 0.2) is 0 Å². The molecule has 1 fully saturated rings. The molecule has 2 heterocycles. The predicted octanol–water partition coefficient (Wildman–Crippen LogP) is -1.16. The zero-order chi connectivity index (χ0) is 13.1. The third-order valence-corrected chi connectivity index (χ3v) is 3.12. The van der Waals surface area contributed by atoms with Gasteiger partial charge in [0.1, 0.15) is 5.82 Å². The average Bonchev–Trinajstić information content (AvgIpc) is 2.34. The van der Waals surface area contributed by atoms with Gasteiger partial charge in [0.2, 0.25) is 0 Å². The van der Waals surface area contributed by atoms with E-state index in [1.165, 1.54) is 10.6 Å². The molecule has 1 unspecified atom stereocenters. The molecule has 0 bridgehead atoms. The van der Waals surface area contributed by atoms with Gasteiger partial charge in [-0.15, -0.1) is 0 Å². The van der Waals surface area contributed by atoms with Gasteiger partial charge in [0.05, 0.1) is 19.3 Å². The molecule has 0 spiro atoms. The molecular formula is C11H18N4O3. The molecule has 1 aliphatic heterocycles. The van der Waals surface area contributed by atoms with E-state index in [1.807, 2.05) is 0 Å². The van der Waals surface area contributed by atoms with E-state index >= 15 is 0 Å². The number of anilines is 1. The summed E-state index contributed by atoms with van der Waals surface area (Å²) < 4.78 is 6.94. The lowest BCUT2D eigenvalue weighted by atomic mass is 10.2. The third kappa shape index (κ3) is 2.80. The first-order chi connectivity index (χ1) is 8.60. The van der Waals surface area contributed by atoms with Crippen molar-refractivity contribution in [3.8, 4) is 0 Å². The molecule has 7 nitrogen and oxygen atoms in total. The van der Waals surface area contributed by atoms with E-state index in [2.05, 4.69) is 16.8 Å². The zero-order valence-corrected chi connectivity index (χ0v) is 10.4. The molecule has 3 N–H and O–H groups in total. The first kappa shape index (κ1) is 12.8. The summed E-state index contributed by atoms with van der Waals surface area (Å²) in [6, 6.07) is 1.21. The molecule has 1 aliphatic rings. The second-order valence-electron chi connectivity index (χ2n) is 4.36. The smallest absolute Gasteiger partial charge is 0.329 e. The fraction of sp³-hybridized carbons (Fsp3) is 0.636. The summed E-state index contributed by atoms with van der Waals surface area (Å²) in [7, 11) is 0. The van der Waals surface area contributed by atoms with Crippen molar-refractivity contribution in [2.75, 3.05) is 32.0 Å². The summed E-state index contributed by atoms with van der Waals surface area (Å²) in [4.78, 5) is 27.2. The molecule has 1 aromatic heterocycles. The second-order valence-corrected chi connectivity index (χ2v) is 4.36. The monoisotopic (exact) mass is 254 g/mol. The molecule has 1 atom stereocenters. The third-order valence-electron chi connectivity index (χ3n) is 3.12. The largest absolute Gasteiger partial charge is 0.385 e. The number of nitrogen functional groups attached to an aromatic ring is 1. The van der Waals surface area contributed by atoms with Crippen molar-refractivity contribution in [2.24, 2.45) is 0 Å². The topological polar surface area (TPSA) is 93.3 Å². The number of nitrogens with two attached hydrogens (primary N) is 1. The molecule has 0 aromatic carbocycles. The van der Waals surface area contributed by atoms with Crippen LogP contribution in [0.4, 0.5) is 5.82 Å². The fourth-order valence-electron chi connectivity index (χ4n) is 2.11. The number of morpholine rings is 1. The van der Waals surface area contributed by atoms with Crippen molar-refractivity contribution in [3.05, 3.63) is 26.9 Å². The van der Waals surface area contributed by atoms with Crippen molar-refractivity contribution < 1.29 is 4.74 Å². The van der Waals surface area contributed by atoms with Crippen molar-refractivity contribution >= 4 is 5.82 Å². The minimum absolute atomic E-state index is 0.0791. The van der Waals surface area contributed by atoms with Gasteiger partial charge in [-0.25, -0.2) is 4.79 Å². The normalized spacial score (nSPS) is 21.1. The van der Waals surface area contributed by atoms with Crippen LogP contribution in [-0.2, 0) is 11.3 Å². The Hall–Kier alpha value is -1.60. The van der Waals surface area contributed by atoms with Crippen molar-refractivity contribution in [1.29, 1.82) is 0 Å². The van der Waals surface area contributed by atoms with Gasteiger partial charge in [0.25, 0.3) is 5.56 Å². The average molecular weight is 254 g/mol. The first-order valence-corrected chi connectivity index (χ1v) is 6.03. The number of H-pyrrole nitrogens is 1. The number of aromatic nitrogens is 2. The molecule has 0 saturated carbocycles. The number of aromatic amines is 1.